The Morgan fingerprint density at radius 3 is 2.69 bits per heavy atom. The van der Waals surface area contributed by atoms with Crippen molar-refractivity contribution in [1.82, 2.24) is 5.32 Å². The van der Waals surface area contributed by atoms with E-state index in [1.165, 1.54) is 27.7 Å². The van der Waals surface area contributed by atoms with Crippen LogP contribution in [0.25, 0.3) is 0 Å². The molecule has 0 aliphatic carbocycles. The predicted molar refractivity (Wildman–Crippen MR) is 61.6 cm³/mol. The van der Waals surface area contributed by atoms with Crippen LogP contribution < -0.4 is 5.32 Å². The first-order valence-electron chi connectivity index (χ1n) is 4.77. The van der Waals surface area contributed by atoms with Crippen molar-refractivity contribution in [2.45, 2.75) is 25.9 Å². The highest BCUT2D eigenvalue weighted by atomic mass is 32.2. The third-order valence-electron chi connectivity index (χ3n) is 2.27. The zero-order valence-corrected chi connectivity index (χ0v) is 9.51. The Morgan fingerprint density at radius 2 is 2.15 bits per heavy atom. The molecule has 1 aliphatic heterocycles. The van der Waals surface area contributed by atoms with Crippen molar-refractivity contribution < 1.29 is 0 Å². The van der Waals surface area contributed by atoms with Crippen LogP contribution in [0.5, 0.6) is 0 Å². The van der Waals surface area contributed by atoms with E-state index in [1.54, 1.807) is 0 Å². The zero-order valence-electron chi connectivity index (χ0n) is 7.88. The molecule has 0 bridgehead atoms. The Morgan fingerprint density at radius 1 is 1.38 bits per heavy atom. The summed E-state index contributed by atoms with van der Waals surface area (Å²) in [5.74, 6) is 2.60. The van der Waals surface area contributed by atoms with Crippen LogP contribution in [0.4, 0.5) is 0 Å². The minimum atomic E-state index is 0.775. The van der Waals surface area contributed by atoms with Crippen LogP contribution in [-0.4, -0.2) is 17.5 Å². The molecule has 1 nitrogen and oxygen atoms in total. The molecule has 72 valence electrons. The average Bonchev–Trinajstić information content (AvgIpc) is 2.49. The van der Waals surface area contributed by atoms with Gasteiger partial charge >= 0.3 is 0 Å². The largest absolute Gasteiger partial charge is 0.307 e. The lowest BCUT2D eigenvalue weighted by Gasteiger charge is -2.25. The molecular weight excluding hydrogens is 198 g/mol. The minimum Gasteiger partial charge on any atom is -0.307 e. The van der Waals surface area contributed by atoms with Crippen molar-refractivity contribution >= 4 is 23.1 Å². The lowest BCUT2D eigenvalue weighted by molar-refractivity contribution is 0.587. The van der Waals surface area contributed by atoms with Crippen LogP contribution in [0.3, 0.4) is 0 Å². The molecule has 0 saturated carbocycles. The minimum absolute atomic E-state index is 0.775. The summed E-state index contributed by atoms with van der Waals surface area (Å²) in [6.45, 7) is 3.28. The van der Waals surface area contributed by atoms with Crippen LogP contribution in [0, 0.1) is 0 Å². The van der Waals surface area contributed by atoms with Crippen LogP contribution in [0.15, 0.2) is 12.1 Å². The van der Waals surface area contributed by atoms with E-state index in [0.29, 0.717) is 0 Å². The molecule has 0 unspecified atom stereocenters. The molecule has 1 aliphatic rings. The Bertz CT molecular complexity index is 266. The molecule has 1 aromatic heterocycles. The number of thiophene rings is 1. The Kier molecular flexibility index (Phi) is 3.30. The van der Waals surface area contributed by atoms with E-state index in [0.717, 1.165) is 12.6 Å². The second kappa shape index (κ2) is 4.49. The highest BCUT2D eigenvalue weighted by molar-refractivity contribution is 8.00. The molecule has 3 heteroatoms. The second-order valence-corrected chi connectivity index (χ2v) is 5.66. The van der Waals surface area contributed by atoms with Gasteiger partial charge in [0.25, 0.3) is 0 Å². The molecule has 1 saturated heterocycles. The summed E-state index contributed by atoms with van der Waals surface area (Å²) in [5, 5.41) is 3.56. The predicted octanol–water partition coefficient (Wildman–Crippen LogP) is 2.52. The monoisotopic (exact) mass is 213 g/mol. The van der Waals surface area contributed by atoms with E-state index in [9.17, 15) is 0 Å². The van der Waals surface area contributed by atoms with Crippen LogP contribution in [0.1, 0.15) is 16.7 Å². The number of thioether (sulfide) groups is 1. The molecule has 0 radical (unpaired) electrons. The standard InChI is InChI=1S/C10H15NS2/c1-2-9-3-4-10(13-9)5-11-8-6-12-7-8/h3-4,8,11H,2,5-7H2,1H3. The van der Waals surface area contributed by atoms with E-state index in [4.69, 9.17) is 0 Å². The van der Waals surface area contributed by atoms with Gasteiger partial charge in [-0.15, -0.1) is 11.3 Å². The third kappa shape index (κ3) is 2.48. The van der Waals surface area contributed by atoms with Gasteiger partial charge < -0.3 is 5.32 Å². The maximum absolute atomic E-state index is 3.56. The fraction of sp³-hybridized carbons (Fsp3) is 0.600. The first-order chi connectivity index (χ1) is 6.38. The molecule has 1 N–H and O–H groups in total. The zero-order chi connectivity index (χ0) is 9.10. The van der Waals surface area contributed by atoms with E-state index >= 15 is 0 Å². The third-order valence-corrected chi connectivity index (χ3v) is 4.77. The second-order valence-electron chi connectivity index (χ2n) is 3.34. The first kappa shape index (κ1) is 9.56. The summed E-state index contributed by atoms with van der Waals surface area (Å²) in [4.78, 5) is 2.98. The van der Waals surface area contributed by atoms with Gasteiger partial charge in [-0.3, -0.25) is 0 Å². The Hall–Kier alpha value is 0.01000. The van der Waals surface area contributed by atoms with Crippen molar-refractivity contribution in [3.63, 3.8) is 0 Å². The number of hydrogen-bond acceptors (Lipinski definition) is 3. The maximum atomic E-state index is 3.56. The van der Waals surface area contributed by atoms with Gasteiger partial charge in [-0.2, -0.15) is 11.8 Å². The SMILES string of the molecule is CCc1ccc(CNC2CSC2)s1. The highest BCUT2D eigenvalue weighted by Crippen LogP contribution is 2.20. The van der Waals surface area contributed by atoms with Gasteiger partial charge in [-0.05, 0) is 18.6 Å². The van der Waals surface area contributed by atoms with Gasteiger partial charge in [0.2, 0.25) is 0 Å². The summed E-state index contributed by atoms with van der Waals surface area (Å²) in [7, 11) is 0. The van der Waals surface area contributed by atoms with Crippen molar-refractivity contribution in [1.29, 1.82) is 0 Å². The number of hydrogen-bond donors (Lipinski definition) is 1. The van der Waals surface area contributed by atoms with Crippen LogP contribution in [0.2, 0.25) is 0 Å². The van der Waals surface area contributed by atoms with E-state index in [1.807, 2.05) is 23.1 Å². The molecule has 2 heterocycles. The van der Waals surface area contributed by atoms with E-state index < -0.39 is 0 Å². The lowest BCUT2D eigenvalue weighted by atomic mass is 10.3. The van der Waals surface area contributed by atoms with Crippen molar-refractivity contribution in [2.24, 2.45) is 0 Å². The quantitative estimate of drug-likeness (QED) is 0.825. The molecule has 0 spiro atoms. The summed E-state index contributed by atoms with van der Waals surface area (Å²) >= 11 is 3.97. The first-order valence-corrected chi connectivity index (χ1v) is 6.74. The smallest absolute Gasteiger partial charge is 0.0303 e. The summed E-state index contributed by atoms with van der Waals surface area (Å²) in [6.07, 6.45) is 1.17. The van der Waals surface area contributed by atoms with Gasteiger partial charge in [0.05, 0.1) is 0 Å². The van der Waals surface area contributed by atoms with Crippen LogP contribution in [-0.2, 0) is 13.0 Å². The molecule has 2 rings (SSSR count). The van der Waals surface area contributed by atoms with Gasteiger partial charge in [-0.1, -0.05) is 6.92 Å². The molecule has 0 aromatic carbocycles. The van der Waals surface area contributed by atoms with Gasteiger partial charge in [0, 0.05) is 33.8 Å². The van der Waals surface area contributed by atoms with Gasteiger partial charge in [0.1, 0.15) is 0 Å². The summed E-state index contributed by atoms with van der Waals surface area (Å²) in [6, 6.07) is 5.27. The van der Waals surface area contributed by atoms with Crippen molar-refractivity contribution in [3.05, 3.63) is 21.9 Å². The van der Waals surface area contributed by atoms with Gasteiger partial charge in [-0.25, -0.2) is 0 Å². The van der Waals surface area contributed by atoms with E-state index in [-0.39, 0.29) is 0 Å². The number of nitrogens with one attached hydrogen (secondary N) is 1. The fourth-order valence-corrected chi connectivity index (χ4v) is 2.92. The summed E-state index contributed by atoms with van der Waals surface area (Å²) in [5.41, 5.74) is 0. The van der Waals surface area contributed by atoms with E-state index in [2.05, 4.69) is 24.4 Å². The fourth-order valence-electron chi connectivity index (χ4n) is 1.31. The molecule has 0 amide bonds. The van der Waals surface area contributed by atoms with Crippen molar-refractivity contribution in [3.8, 4) is 0 Å². The van der Waals surface area contributed by atoms with Crippen LogP contribution >= 0.6 is 23.1 Å². The van der Waals surface area contributed by atoms with Gasteiger partial charge in [0.15, 0.2) is 0 Å². The molecule has 13 heavy (non-hydrogen) atoms. The molecular formula is C10H15NS2. The topological polar surface area (TPSA) is 12.0 Å². The maximum Gasteiger partial charge on any atom is 0.0303 e. The molecule has 1 fully saturated rings. The molecule has 0 atom stereocenters. The highest BCUT2D eigenvalue weighted by Gasteiger charge is 2.16. The molecule has 1 aromatic rings. The lowest BCUT2D eigenvalue weighted by Crippen LogP contribution is -2.39. The average molecular weight is 213 g/mol. The summed E-state index contributed by atoms with van der Waals surface area (Å²) < 4.78 is 0. The normalized spacial score (nSPS) is 17.3. The number of aryl methyl sites for hydroxylation is 1. The Labute approximate surface area is 87.9 Å². The van der Waals surface area contributed by atoms with Crippen molar-refractivity contribution in [2.75, 3.05) is 11.5 Å². The Balaban J connectivity index is 1.79. The number of rotatable bonds is 4.